The number of carboxylic acids is 1. The van der Waals surface area contributed by atoms with Gasteiger partial charge in [0.25, 0.3) is 0 Å². The van der Waals surface area contributed by atoms with Crippen LogP contribution in [0.15, 0.2) is 36.7 Å². The predicted octanol–water partition coefficient (Wildman–Crippen LogP) is 1.26. The molecule has 1 atom stereocenters. The summed E-state index contributed by atoms with van der Waals surface area (Å²) < 4.78 is 5.46. The summed E-state index contributed by atoms with van der Waals surface area (Å²) in [6.07, 6.45) is 8.10. The van der Waals surface area contributed by atoms with Gasteiger partial charge in [0, 0.05) is 37.9 Å². The van der Waals surface area contributed by atoms with Crippen LogP contribution in [-0.4, -0.2) is 64.2 Å². The lowest BCUT2D eigenvalue weighted by molar-refractivity contribution is -0.122. The van der Waals surface area contributed by atoms with Crippen LogP contribution in [0.2, 0.25) is 0 Å². The van der Waals surface area contributed by atoms with Gasteiger partial charge in [-0.25, -0.2) is 14.8 Å². The van der Waals surface area contributed by atoms with Gasteiger partial charge < -0.3 is 30.7 Å². The van der Waals surface area contributed by atoms with Crippen LogP contribution in [0, 0.1) is 5.92 Å². The number of nitrogens with one attached hydrogen (secondary N) is 3. The number of aromatic carboxylic acids is 1. The molecule has 2 aliphatic rings. The van der Waals surface area contributed by atoms with Crippen molar-refractivity contribution in [1.82, 2.24) is 20.6 Å². The van der Waals surface area contributed by atoms with Crippen LogP contribution in [0.4, 0.5) is 5.95 Å². The molecular formula is C23H30BN5O5. The van der Waals surface area contributed by atoms with Gasteiger partial charge in [-0.05, 0) is 55.7 Å². The molecule has 4 rings (SSSR count). The SMILES string of the molecule is O=C(C[C@H]1CC[C@H](NCCNc2ncccn2)CC1)N[C@H]1Cc2cccc(C(=O)O)c2OB1O. The van der Waals surface area contributed by atoms with Gasteiger partial charge in [0.05, 0.1) is 11.5 Å². The van der Waals surface area contributed by atoms with Crippen molar-refractivity contribution in [3.05, 3.63) is 47.8 Å². The Morgan fingerprint density at radius 3 is 2.59 bits per heavy atom. The predicted molar refractivity (Wildman–Crippen MR) is 127 cm³/mol. The average Bonchev–Trinajstić information content (AvgIpc) is 2.83. The Kier molecular flexibility index (Phi) is 7.97. The van der Waals surface area contributed by atoms with E-state index in [2.05, 4.69) is 25.9 Å². The molecule has 1 amide bonds. The van der Waals surface area contributed by atoms with Crippen LogP contribution < -0.4 is 20.6 Å². The number of carbonyl (C=O) groups excluding carboxylic acids is 1. The molecule has 0 saturated heterocycles. The van der Waals surface area contributed by atoms with E-state index in [-0.39, 0.29) is 17.2 Å². The maximum absolute atomic E-state index is 12.6. The number of hydrogen-bond donors (Lipinski definition) is 5. The Balaban J connectivity index is 1.17. The quantitative estimate of drug-likeness (QED) is 0.272. The third-order valence-corrected chi connectivity index (χ3v) is 6.42. The summed E-state index contributed by atoms with van der Waals surface area (Å²) in [7, 11) is -1.29. The Hall–Kier alpha value is -3.18. The molecule has 2 aromatic rings. The van der Waals surface area contributed by atoms with E-state index in [1.165, 1.54) is 6.07 Å². The average molecular weight is 467 g/mol. The minimum absolute atomic E-state index is 0.0101. The van der Waals surface area contributed by atoms with Crippen molar-refractivity contribution in [3.63, 3.8) is 0 Å². The van der Waals surface area contributed by atoms with Crippen LogP contribution in [0.1, 0.15) is 48.0 Å². The first-order valence-electron chi connectivity index (χ1n) is 11.7. The number of carbonyl (C=O) groups is 2. The number of benzene rings is 1. The first kappa shape index (κ1) is 24.0. The number of fused-ring (bicyclic) bond motifs is 1. The summed E-state index contributed by atoms with van der Waals surface area (Å²) >= 11 is 0. The molecule has 180 valence electrons. The van der Waals surface area contributed by atoms with Gasteiger partial charge in [-0.2, -0.15) is 0 Å². The minimum Gasteiger partial charge on any atom is -0.534 e. The Morgan fingerprint density at radius 2 is 1.85 bits per heavy atom. The molecule has 0 bridgehead atoms. The van der Waals surface area contributed by atoms with Gasteiger partial charge in [-0.15, -0.1) is 0 Å². The Bertz CT molecular complexity index is 987. The fourth-order valence-electron chi connectivity index (χ4n) is 4.66. The number of anilines is 1. The summed E-state index contributed by atoms with van der Waals surface area (Å²) in [5, 5.41) is 29.2. The molecule has 11 heteroatoms. The second-order valence-corrected chi connectivity index (χ2v) is 8.86. The van der Waals surface area contributed by atoms with E-state index in [9.17, 15) is 19.7 Å². The largest absolute Gasteiger partial charge is 0.547 e. The topological polar surface area (TPSA) is 146 Å². The molecule has 2 heterocycles. The van der Waals surface area contributed by atoms with Crippen molar-refractivity contribution in [3.8, 4) is 5.75 Å². The zero-order valence-electron chi connectivity index (χ0n) is 18.9. The maximum Gasteiger partial charge on any atom is 0.547 e. The third-order valence-electron chi connectivity index (χ3n) is 6.42. The molecule has 1 aromatic carbocycles. The molecule has 5 N–H and O–H groups in total. The third kappa shape index (κ3) is 6.24. The van der Waals surface area contributed by atoms with Crippen molar-refractivity contribution < 1.29 is 24.4 Å². The van der Waals surface area contributed by atoms with Gasteiger partial charge >= 0.3 is 13.1 Å². The molecule has 0 radical (unpaired) electrons. The number of para-hydroxylation sites is 1. The molecule has 1 fully saturated rings. The molecular weight excluding hydrogens is 437 g/mol. The van der Waals surface area contributed by atoms with Crippen molar-refractivity contribution in [1.29, 1.82) is 0 Å². The standard InChI is InChI=1S/C23H30BN5O5/c30-20(29-19-14-16-3-1-4-18(22(31)32)21(16)34-24(19)33)13-15-5-7-17(8-6-15)25-11-12-28-23-26-9-2-10-27-23/h1-4,9-10,15,17,19,25,33H,5-8,11-14H2,(H,29,30)(H,31,32)(H,26,27,28)/t15-,17-,19-/m0/s1. The Morgan fingerprint density at radius 1 is 1.09 bits per heavy atom. The van der Waals surface area contributed by atoms with E-state index in [4.69, 9.17) is 4.65 Å². The van der Waals surface area contributed by atoms with E-state index < -0.39 is 19.0 Å². The second-order valence-electron chi connectivity index (χ2n) is 8.86. The molecule has 1 aliphatic heterocycles. The zero-order chi connectivity index (χ0) is 23.9. The van der Waals surface area contributed by atoms with Crippen LogP contribution >= 0.6 is 0 Å². The molecule has 1 aromatic heterocycles. The summed E-state index contributed by atoms with van der Waals surface area (Å²) in [5.74, 6) is -0.736. The molecule has 1 saturated carbocycles. The first-order chi connectivity index (χ1) is 16.5. The van der Waals surface area contributed by atoms with E-state index in [1.807, 2.05) is 0 Å². The van der Waals surface area contributed by atoms with Crippen LogP contribution in [0.5, 0.6) is 5.75 Å². The van der Waals surface area contributed by atoms with E-state index in [1.54, 1.807) is 30.6 Å². The Labute approximate surface area is 198 Å². The summed E-state index contributed by atoms with van der Waals surface area (Å²) in [6, 6.07) is 7.05. The zero-order valence-corrected chi connectivity index (χ0v) is 18.9. The fraction of sp³-hybridized carbons (Fsp3) is 0.478. The fourth-order valence-corrected chi connectivity index (χ4v) is 4.66. The first-order valence-corrected chi connectivity index (χ1v) is 11.7. The van der Waals surface area contributed by atoms with Gasteiger partial charge in [0.1, 0.15) is 5.75 Å². The smallest absolute Gasteiger partial charge is 0.534 e. The van der Waals surface area contributed by atoms with Crippen molar-refractivity contribution >= 4 is 24.9 Å². The monoisotopic (exact) mass is 467 g/mol. The summed E-state index contributed by atoms with van der Waals surface area (Å²) in [6.45, 7) is 1.56. The number of hydrogen-bond acceptors (Lipinski definition) is 8. The lowest BCUT2D eigenvalue weighted by atomic mass is 9.72. The number of rotatable bonds is 9. The van der Waals surface area contributed by atoms with E-state index in [0.29, 0.717) is 36.3 Å². The summed E-state index contributed by atoms with van der Waals surface area (Å²) in [5.41, 5.74) is 0.672. The highest BCUT2D eigenvalue weighted by atomic mass is 16.5. The molecule has 1 aliphatic carbocycles. The van der Waals surface area contributed by atoms with Crippen LogP contribution in [-0.2, 0) is 11.2 Å². The number of aromatic nitrogens is 2. The number of carboxylic acid groups (broad SMARTS) is 1. The van der Waals surface area contributed by atoms with Gasteiger partial charge in [0.15, 0.2) is 0 Å². The normalized spacial score (nSPS) is 21.8. The van der Waals surface area contributed by atoms with Crippen LogP contribution in [0.25, 0.3) is 0 Å². The summed E-state index contributed by atoms with van der Waals surface area (Å²) in [4.78, 5) is 32.3. The highest BCUT2D eigenvalue weighted by molar-refractivity contribution is 6.47. The highest BCUT2D eigenvalue weighted by Crippen LogP contribution is 2.31. The maximum atomic E-state index is 12.6. The van der Waals surface area contributed by atoms with E-state index in [0.717, 1.165) is 38.8 Å². The van der Waals surface area contributed by atoms with Crippen LogP contribution in [0.3, 0.4) is 0 Å². The van der Waals surface area contributed by atoms with Gasteiger partial charge in [-0.3, -0.25) is 4.79 Å². The second kappa shape index (κ2) is 11.3. The van der Waals surface area contributed by atoms with Gasteiger partial charge in [-0.1, -0.05) is 12.1 Å². The highest BCUT2D eigenvalue weighted by Gasteiger charge is 2.38. The van der Waals surface area contributed by atoms with E-state index >= 15 is 0 Å². The molecule has 0 spiro atoms. The van der Waals surface area contributed by atoms with Crippen molar-refractivity contribution in [2.45, 2.75) is 50.5 Å². The molecule has 10 nitrogen and oxygen atoms in total. The molecule has 34 heavy (non-hydrogen) atoms. The lowest BCUT2D eigenvalue weighted by Crippen LogP contribution is -2.53. The van der Waals surface area contributed by atoms with Crippen molar-refractivity contribution in [2.24, 2.45) is 5.92 Å². The number of amides is 1. The minimum atomic E-state index is -1.29. The number of nitrogens with zero attached hydrogens (tertiary/aromatic N) is 2. The van der Waals surface area contributed by atoms with Crippen molar-refractivity contribution in [2.75, 3.05) is 18.4 Å². The van der Waals surface area contributed by atoms with Gasteiger partial charge in [0.2, 0.25) is 11.9 Å². The molecule has 0 unspecified atom stereocenters. The lowest BCUT2D eigenvalue weighted by Gasteiger charge is -2.31.